The highest BCUT2D eigenvalue weighted by molar-refractivity contribution is 5.72. The van der Waals surface area contributed by atoms with Gasteiger partial charge in [0.1, 0.15) is 5.78 Å². The van der Waals surface area contributed by atoms with E-state index in [4.69, 9.17) is 5.73 Å². The Morgan fingerprint density at radius 3 is 0.362 bits per heavy atom. The number of hydrogen-bond acceptors (Lipinski definition) is 12. The van der Waals surface area contributed by atoms with Crippen LogP contribution in [0.1, 0.15) is 160 Å². The zero-order chi connectivity index (χ0) is 93.1. The molecular formula is C103H165N7O6. The van der Waals surface area contributed by atoms with Crippen LogP contribution in [0.4, 0.5) is 0 Å². The molecule has 0 unspecified atom stereocenters. The lowest BCUT2D eigenvalue weighted by atomic mass is 10.2. The number of hydrogen-bond donors (Lipinski definition) is 7. The average molecular weight is 1600 g/mol. The molecule has 0 aliphatic heterocycles. The smallest absolute Gasteiger partial charge is 0.302 e. The number of ketones is 1. The molecule has 0 aromatic heterocycles. The van der Waals surface area contributed by atoms with E-state index in [-0.39, 0.29) is 17.7 Å². The van der Waals surface area contributed by atoms with Gasteiger partial charge in [-0.3, -0.25) is 9.59 Å². The van der Waals surface area contributed by atoms with Gasteiger partial charge in [-0.25, -0.2) is 0 Å². The quantitative estimate of drug-likeness (QED) is 0.0666. The monoisotopic (exact) mass is 1600 g/mol. The van der Waals surface area contributed by atoms with Crippen LogP contribution in [-0.4, -0.2) is 94.5 Å². The van der Waals surface area contributed by atoms with Gasteiger partial charge < -0.3 is 59.1 Å². The van der Waals surface area contributed by atoms with E-state index in [1.54, 1.807) is 28.4 Å². The number of benzene rings is 9. The van der Waals surface area contributed by atoms with Crippen molar-refractivity contribution in [1.82, 2.24) is 0 Å². The first-order valence-corrected chi connectivity index (χ1v) is 38.1. The van der Waals surface area contributed by atoms with Gasteiger partial charge in [-0.05, 0) is 111 Å². The Bertz CT molecular complexity index is 2620. The fraction of sp³-hybridized carbons (Fsp3) is 0.272. The zero-order valence-electron chi connectivity index (χ0n) is 76.9. The number of methoxy groups -OCH3 is 3. The van der Waals surface area contributed by atoms with E-state index in [0.717, 1.165) is 5.92 Å². The molecule has 0 heterocycles. The SMILES string of the molecule is C=Cc1ccccc1.C=Cc1ccccc1.C=Cc1ccccc1.C=Cc1ccccc1.C=Cc1ccccc1.C=Cc1ccccc1.C=Cc1ccccc1.C=Cc1ccccc1.C=Cc1ccccc1.CC.CC.CC(C)=O.CC(C)C.CC(C)N.CC(N)=O.CCC.CN.CN.CN.CN.CN.COC.COC.COC(C)=O. The topological polar surface area (TPSA) is 261 Å². The van der Waals surface area contributed by atoms with Crippen LogP contribution in [0.25, 0.3) is 54.7 Å². The molecule has 0 radical (unpaired) electrons. The summed E-state index contributed by atoms with van der Waals surface area (Å²) in [7, 11) is 15.3. The highest BCUT2D eigenvalue weighted by Gasteiger charge is 1.82. The Morgan fingerprint density at radius 1 is 0.284 bits per heavy atom. The maximum atomic E-state index is 9.59. The largest absolute Gasteiger partial charge is 0.469 e. The summed E-state index contributed by atoms with van der Waals surface area (Å²) >= 11 is 0. The molecule has 0 spiro atoms. The third kappa shape index (κ3) is 163. The summed E-state index contributed by atoms with van der Waals surface area (Å²) in [5.41, 5.74) is 42.6. The highest BCUT2D eigenvalue weighted by atomic mass is 16.5. The molecule has 648 valence electrons. The van der Waals surface area contributed by atoms with Crippen molar-refractivity contribution in [3.63, 3.8) is 0 Å². The van der Waals surface area contributed by atoms with Crippen molar-refractivity contribution in [2.45, 2.75) is 116 Å². The standard InChI is InChI=1S/9C8H8.C4H10.C3H9N.C3H6O2.C3H6O.C3H8.C2H5NO.2C2H6O.2C2H6.5CH5N/c9*1-2-8-6-4-3-5-7-8;1-4(2)3;1-3(2)4;1-3(4)5-2;1-3(2)4;1-3-2;1-2(3)4;2*1-3-2;7*1-2/h9*2-7H,1H2;4H,1-3H3;3H,4H2,1-2H3;1-2H3;1-2H3;3H2,1-2H3;1H3,(H2,3,4);2*1-2H3;2*1-2H3;5*2H2,1H3. The predicted molar refractivity (Wildman–Crippen MR) is 533 cm³/mol. The van der Waals surface area contributed by atoms with Gasteiger partial charge in [0.15, 0.2) is 0 Å². The molecule has 13 nitrogen and oxygen atoms in total. The van der Waals surface area contributed by atoms with Crippen LogP contribution >= 0.6 is 0 Å². The van der Waals surface area contributed by atoms with E-state index in [1.165, 1.54) is 127 Å². The first kappa shape index (κ1) is 140. The Labute approximate surface area is 712 Å². The molecule has 14 N–H and O–H groups in total. The van der Waals surface area contributed by atoms with Crippen LogP contribution in [0.15, 0.2) is 332 Å². The Hall–Kier alpha value is -11.1. The van der Waals surface area contributed by atoms with E-state index >= 15 is 0 Å². The minimum absolute atomic E-state index is 0.167. The first-order valence-electron chi connectivity index (χ1n) is 38.1. The maximum absolute atomic E-state index is 9.59. The molecule has 0 aliphatic carbocycles. The number of primary amides is 1. The van der Waals surface area contributed by atoms with Gasteiger partial charge >= 0.3 is 5.97 Å². The highest BCUT2D eigenvalue weighted by Crippen LogP contribution is 2.03. The molecule has 9 aromatic carbocycles. The number of ether oxygens (including phenoxy) is 3. The molecule has 1 amide bonds. The van der Waals surface area contributed by atoms with E-state index in [9.17, 15) is 14.4 Å². The van der Waals surface area contributed by atoms with Gasteiger partial charge in [0, 0.05) is 42.3 Å². The summed E-state index contributed by atoms with van der Waals surface area (Å²) in [5, 5.41) is 0. The van der Waals surface area contributed by atoms with Gasteiger partial charge in [0.05, 0.1) is 7.11 Å². The summed E-state index contributed by atoms with van der Waals surface area (Å²) < 4.78 is 12.6. The Balaban J connectivity index is -0.0000000718. The number of rotatable bonds is 9. The fourth-order valence-electron chi connectivity index (χ4n) is 5.30. The number of carbonyl (C=O) groups is 3. The first-order chi connectivity index (χ1) is 55.8. The van der Waals surface area contributed by atoms with E-state index in [0.29, 0.717) is 6.04 Å². The Kier molecular flexibility index (Phi) is 168. The summed E-state index contributed by atoms with van der Waals surface area (Å²) in [4.78, 5) is 28.3. The van der Waals surface area contributed by atoms with Crippen molar-refractivity contribution in [3.05, 3.63) is 382 Å². The lowest BCUT2D eigenvalue weighted by Crippen LogP contribution is -2.06. The van der Waals surface area contributed by atoms with Crippen LogP contribution in [0.2, 0.25) is 0 Å². The van der Waals surface area contributed by atoms with Crippen molar-refractivity contribution in [1.29, 1.82) is 0 Å². The van der Waals surface area contributed by atoms with Crippen LogP contribution in [-0.2, 0) is 28.6 Å². The average Bonchev–Trinajstić information content (AvgIpc) is 1.08. The van der Waals surface area contributed by atoms with Crippen molar-refractivity contribution >= 4 is 72.3 Å². The second kappa shape index (κ2) is 139. The Morgan fingerprint density at radius 2 is 0.336 bits per heavy atom. The van der Waals surface area contributed by atoms with Gasteiger partial charge in [0.25, 0.3) is 0 Å². The second-order valence-electron chi connectivity index (χ2n) is 21.2. The second-order valence-corrected chi connectivity index (χ2v) is 21.2. The molecule has 13 heteroatoms. The predicted octanol–water partition coefficient (Wildman–Crippen LogP) is 25.1. The van der Waals surface area contributed by atoms with Crippen LogP contribution in [0.5, 0.6) is 0 Å². The summed E-state index contributed by atoms with van der Waals surface area (Å²) in [5.74, 6) is 0.421. The summed E-state index contributed by atoms with van der Waals surface area (Å²) in [6.07, 6.45) is 17.8. The number of carbonyl (C=O) groups excluding carboxylic acids is 3. The number of esters is 1. The van der Waals surface area contributed by atoms with Gasteiger partial charge in [-0.2, -0.15) is 0 Å². The van der Waals surface area contributed by atoms with Gasteiger partial charge in [-0.15, -0.1) is 0 Å². The van der Waals surface area contributed by atoms with E-state index in [1.807, 2.05) is 369 Å². The fourth-order valence-corrected chi connectivity index (χ4v) is 5.30. The number of Topliss-reactive ketones (excluding diaryl/α,β-unsaturated/α-hetero) is 1. The van der Waals surface area contributed by atoms with Crippen molar-refractivity contribution in [3.8, 4) is 0 Å². The molecule has 0 fully saturated rings. The third-order valence-corrected chi connectivity index (χ3v) is 9.60. The van der Waals surface area contributed by atoms with E-state index in [2.05, 4.69) is 142 Å². The number of amides is 1. The lowest BCUT2D eigenvalue weighted by molar-refractivity contribution is -0.138. The summed E-state index contributed by atoms with van der Waals surface area (Å²) in [6, 6.07) is 90.6. The van der Waals surface area contributed by atoms with Crippen LogP contribution in [0, 0.1) is 5.92 Å². The number of nitrogens with two attached hydrogens (primary N) is 7. The molecule has 0 bridgehead atoms. The van der Waals surface area contributed by atoms with Crippen molar-refractivity contribution in [2.24, 2.45) is 46.1 Å². The zero-order valence-corrected chi connectivity index (χ0v) is 76.9. The summed E-state index contributed by atoms with van der Waals surface area (Å²) in [6.45, 7) is 61.0. The molecule has 9 rings (SSSR count). The molecule has 0 aliphatic rings. The van der Waals surface area contributed by atoms with Gasteiger partial charge in [-0.1, -0.05) is 469 Å². The lowest BCUT2D eigenvalue weighted by Gasteiger charge is -1.85. The molecule has 0 saturated carbocycles. The normalized spacial score (nSPS) is 7.46. The van der Waals surface area contributed by atoms with Crippen molar-refractivity contribution < 1.29 is 28.6 Å². The minimum atomic E-state index is -0.333. The van der Waals surface area contributed by atoms with Crippen molar-refractivity contribution in [2.75, 3.05) is 70.8 Å². The van der Waals surface area contributed by atoms with E-state index < -0.39 is 0 Å². The van der Waals surface area contributed by atoms with Gasteiger partial charge in [0.2, 0.25) is 5.91 Å². The molecule has 9 aromatic rings. The molecule has 0 atom stereocenters. The molecule has 0 saturated heterocycles. The molecular weight excluding hydrogens is 1430 g/mol. The van der Waals surface area contributed by atoms with Crippen LogP contribution in [0.3, 0.4) is 0 Å². The third-order valence-electron chi connectivity index (χ3n) is 9.60. The maximum Gasteiger partial charge on any atom is 0.302 e. The molecule has 116 heavy (non-hydrogen) atoms. The minimum Gasteiger partial charge on any atom is -0.469 e. The van der Waals surface area contributed by atoms with Crippen LogP contribution < -0.4 is 40.1 Å².